The van der Waals surface area contributed by atoms with Crippen LogP contribution in [-0.2, 0) is 9.53 Å². The maximum Gasteiger partial charge on any atom is 0.317 e. The van der Waals surface area contributed by atoms with Crippen LogP contribution >= 0.6 is 0 Å². The van der Waals surface area contributed by atoms with E-state index in [9.17, 15) is 4.79 Å². The monoisotopic (exact) mass is 388 g/mol. The van der Waals surface area contributed by atoms with E-state index < -0.39 is 18.0 Å². The van der Waals surface area contributed by atoms with E-state index in [4.69, 9.17) is 33.2 Å². The third kappa shape index (κ3) is 2.72. The fourth-order valence-electron chi connectivity index (χ4n) is 3.57. The molecule has 4 rings (SSSR count). The Balaban J connectivity index is 1.87. The predicted molar refractivity (Wildman–Crippen MR) is 96.8 cm³/mol. The van der Waals surface area contributed by atoms with Crippen LogP contribution in [0.1, 0.15) is 23.1 Å². The molecule has 0 saturated carbocycles. The van der Waals surface area contributed by atoms with E-state index in [0.29, 0.717) is 45.6 Å². The molecule has 8 heteroatoms. The van der Waals surface area contributed by atoms with Crippen molar-refractivity contribution in [1.82, 2.24) is 0 Å². The zero-order valence-electron chi connectivity index (χ0n) is 15.9. The number of hydrogen-bond acceptors (Lipinski definition) is 8. The fraction of sp³-hybridized carbons (Fsp3) is 0.350. The number of esters is 1. The number of carbonyl (C=O) groups is 1. The number of rotatable bonds is 5. The maximum atomic E-state index is 12.7. The Morgan fingerprint density at radius 3 is 2.11 bits per heavy atom. The molecule has 2 aromatic rings. The van der Waals surface area contributed by atoms with Gasteiger partial charge in [-0.25, -0.2) is 0 Å². The molecule has 0 aliphatic carbocycles. The van der Waals surface area contributed by atoms with E-state index in [1.165, 1.54) is 21.3 Å². The molecule has 0 spiro atoms. The highest BCUT2D eigenvalue weighted by atomic mass is 16.7. The van der Waals surface area contributed by atoms with E-state index in [-0.39, 0.29) is 6.79 Å². The van der Waals surface area contributed by atoms with Crippen LogP contribution < -0.4 is 28.4 Å². The van der Waals surface area contributed by atoms with Crippen molar-refractivity contribution in [1.29, 1.82) is 0 Å². The van der Waals surface area contributed by atoms with Gasteiger partial charge in [-0.05, 0) is 6.07 Å². The highest BCUT2D eigenvalue weighted by molar-refractivity contribution is 5.83. The fourth-order valence-corrected chi connectivity index (χ4v) is 3.57. The van der Waals surface area contributed by atoms with Gasteiger partial charge in [-0.15, -0.1) is 0 Å². The minimum Gasteiger partial charge on any atom is -0.496 e. The van der Waals surface area contributed by atoms with Crippen LogP contribution in [0.4, 0.5) is 0 Å². The molecular formula is C20H20O8. The Labute approximate surface area is 161 Å². The molecule has 28 heavy (non-hydrogen) atoms. The summed E-state index contributed by atoms with van der Waals surface area (Å²) in [4.78, 5) is 12.7. The Hall–Kier alpha value is -3.29. The molecule has 2 aliphatic heterocycles. The molecule has 148 valence electrons. The lowest BCUT2D eigenvalue weighted by molar-refractivity contribution is -0.144. The van der Waals surface area contributed by atoms with Crippen LogP contribution in [0.2, 0.25) is 0 Å². The van der Waals surface area contributed by atoms with E-state index >= 15 is 0 Å². The average Bonchev–Trinajstić information content (AvgIpc) is 3.33. The maximum absolute atomic E-state index is 12.7. The number of benzene rings is 2. The van der Waals surface area contributed by atoms with Crippen molar-refractivity contribution in [2.45, 2.75) is 12.0 Å². The van der Waals surface area contributed by atoms with Crippen LogP contribution in [-0.4, -0.2) is 41.2 Å². The van der Waals surface area contributed by atoms with E-state index in [1.54, 1.807) is 31.4 Å². The molecule has 0 fully saturated rings. The number of methoxy groups -OCH3 is 4. The van der Waals surface area contributed by atoms with Crippen molar-refractivity contribution in [2.75, 3.05) is 35.2 Å². The molecule has 0 bridgehead atoms. The number of ether oxygens (including phenoxy) is 7. The molecule has 8 nitrogen and oxygen atoms in total. The van der Waals surface area contributed by atoms with Crippen molar-refractivity contribution in [3.63, 3.8) is 0 Å². The van der Waals surface area contributed by atoms with Gasteiger partial charge in [0.15, 0.2) is 11.5 Å². The summed E-state index contributed by atoms with van der Waals surface area (Å²) >= 11 is 0. The first kappa shape index (κ1) is 18.1. The Morgan fingerprint density at radius 1 is 0.893 bits per heavy atom. The van der Waals surface area contributed by atoms with Crippen molar-refractivity contribution in [2.24, 2.45) is 0 Å². The van der Waals surface area contributed by atoms with E-state index in [1.807, 2.05) is 0 Å². The summed E-state index contributed by atoms with van der Waals surface area (Å²) < 4.78 is 38.5. The van der Waals surface area contributed by atoms with E-state index in [0.717, 1.165) is 0 Å². The molecule has 2 aromatic carbocycles. The van der Waals surface area contributed by atoms with Gasteiger partial charge in [0, 0.05) is 23.8 Å². The quantitative estimate of drug-likeness (QED) is 0.724. The largest absolute Gasteiger partial charge is 0.496 e. The Kier molecular flexibility index (Phi) is 4.54. The third-order valence-electron chi connectivity index (χ3n) is 4.89. The number of carbonyl (C=O) groups excluding carboxylic acids is 1. The van der Waals surface area contributed by atoms with Crippen LogP contribution in [0.3, 0.4) is 0 Å². The minimum atomic E-state index is -0.731. The zero-order chi connectivity index (χ0) is 19.8. The summed E-state index contributed by atoms with van der Waals surface area (Å²) in [7, 11) is 5.95. The number of hydrogen-bond donors (Lipinski definition) is 0. The standard InChI is InChI=1S/C20H20O8/c1-22-10-5-15(23-2)18(16(6-10)24-3)19-17(20(21)25-4)11-7-13-14(27-9-26-13)8-12(11)28-19/h5-8,17,19H,9H2,1-4H3. The first-order valence-corrected chi connectivity index (χ1v) is 8.59. The lowest BCUT2D eigenvalue weighted by atomic mass is 9.90. The second-order valence-electron chi connectivity index (χ2n) is 6.23. The first-order chi connectivity index (χ1) is 13.6. The van der Waals surface area contributed by atoms with Crippen molar-refractivity contribution < 1.29 is 38.0 Å². The van der Waals surface area contributed by atoms with Gasteiger partial charge in [-0.2, -0.15) is 0 Å². The summed E-state index contributed by atoms with van der Waals surface area (Å²) in [6, 6.07) is 6.90. The summed E-state index contributed by atoms with van der Waals surface area (Å²) in [6.07, 6.45) is -0.721. The van der Waals surface area contributed by atoms with Crippen LogP contribution in [0.25, 0.3) is 0 Å². The van der Waals surface area contributed by atoms with E-state index in [2.05, 4.69) is 0 Å². The van der Waals surface area contributed by atoms with Gasteiger partial charge in [0.1, 0.15) is 35.0 Å². The van der Waals surface area contributed by atoms with Crippen molar-refractivity contribution >= 4 is 5.97 Å². The smallest absolute Gasteiger partial charge is 0.317 e. The molecular weight excluding hydrogens is 368 g/mol. The Bertz CT molecular complexity index is 898. The highest BCUT2D eigenvalue weighted by Crippen LogP contribution is 2.54. The van der Waals surface area contributed by atoms with Crippen molar-refractivity contribution in [3.05, 3.63) is 35.4 Å². The highest BCUT2D eigenvalue weighted by Gasteiger charge is 2.45. The van der Waals surface area contributed by atoms with Crippen LogP contribution in [0.5, 0.6) is 34.5 Å². The molecule has 0 N–H and O–H groups in total. The Morgan fingerprint density at radius 2 is 1.54 bits per heavy atom. The van der Waals surface area contributed by atoms with Gasteiger partial charge in [-0.3, -0.25) is 4.79 Å². The van der Waals surface area contributed by atoms with Gasteiger partial charge < -0.3 is 33.2 Å². The topological polar surface area (TPSA) is 81.7 Å². The SMILES string of the molecule is COC(=O)C1c2cc3c(cc2OC1c1c(OC)cc(OC)cc1OC)OCO3. The number of fused-ring (bicyclic) bond motifs is 2. The summed E-state index contributed by atoms with van der Waals surface area (Å²) in [5.74, 6) is 1.98. The molecule has 0 aromatic heterocycles. The summed E-state index contributed by atoms with van der Waals surface area (Å²) in [6.45, 7) is 0.130. The van der Waals surface area contributed by atoms with Crippen LogP contribution in [0, 0.1) is 0 Å². The molecule has 2 aliphatic rings. The van der Waals surface area contributed by atoms with Gasteiger partial charge in [0.25, 0.3) is 0 Å². The van der Waals surface area contributed by atoms with Gasteiger partial charge in [0.2, 0.25) is 6.79 Å². The van der Waals surface area contributed by atoms with Gasteiger partial charge in [0.05, 0.1) is 34.0 Å². The first-order valence-electron chi connectivity index (χ1n) is 8.59. The second-order valence-corrected chi connectivity index (χ2v) is 6.23. The second kappa shape index (κ2) is 7.03. The third-order valence-corrected chi connectivity index (χ3v) is 4.89. The molecule has 0 amide bonds. The molecule has 2 unspecified atom stereocenters. The zero-order valence-corrected chi connectivity index (χ0v) is 15.9. The van der Waals surface area contributed by atoms with Crippen LogP contribution in [0.15, 0.2) is 24.3 Å². The van der Waals surface area contributed by atoms with Gasteiger partial charge >= 0.3 is 5.97 Å². The van der Waals surface area contributed by atoms with Gasteiger partial charge in [-0.1, -0.05) is 0 Å². The lowest BCUT2D eigenvalue weighted by Gasteiger charge is -2.23. The lowest BCUT2D eigenvalue weighted by Crippen LogP contribution is -2.21. The van der Waals surface area contributed by atoms with Crippen molar-refractivity contribution in [3.8, 4) is 34.5 Å². The molecule has 0 saturated heterocycles. The normalized spacial score (nSPS) is 18.9. The summed E-state index contributed by atoms with van der Waals surface area (Å²) in [5.41, 5.74) is 1.24. The predicted octanol–water partition coefficient (Wildman–Crippen LogP) is 2.83. The minimum absolute atomic E-state index is 0.130. The molecule has 2 atom stereocenters. The summed E-state index contributed by atoms with van der Waals surface area (Å²) in [5, 5.41) is 0. The molecule has 0 radical (unpaired) electrons. The molecule has 2 heterocycles. The average molecular weight is 388 g/mol.